The molecule has 0 aromatic carbocycles. The molecule has 0 aliphatic heterocycles. The Morgan fingerprint density at radius 1 is 1.26 bits per heavy atom. The number of hydrogen-bond acceptors (Lipinski definition) is 4. The normalized spacial score (nSPS) is 10.7. The molecule has 0 bridgehead atoms. The maximum Gasteiger partial charge on any atom is 0.319 e. The minimum absolute atomic E-state index is 0.238. The van der Waals surface area contributed by atoms with Gasteiger partial charge in [0.2, 0.25) is 0 Å². The van der Waals surface area contributed by atoms with E-state index in [0.29, 0.717) is 17.7 Å². The van der Waals surface area contributed by atoms with Crippen LogP contribution < -0.4 is 10.6 Å². The fourth-order valence-electron chi connectivity index (χ4n) is 2.26. The molecule has 7 nitrogen and oxygen atoms in total. The van der Waals surface area contributed by atoms with Gasteiger partial charge in [-0.3, -0.25) is 14.6 Å². The summed E-state index contributed by atoms with van der Waals surface area (Å²) in [6.45, 7) is 2.64. The first-order valence-electron chi connectivity index (χ1n) is 7.46. The Balaban J connectivity index is 1.91. The van der Waals surface area contributed by atoms with E-state index in [1.807, 2.05) is 26.2 Å². The first-order chi connectivity index (χ1) is 11.2. The second kappa shape index (κ2) is 6.43. The molecule has 0 saturated heterocycles. The fraction of sp³-hybridized carbons (Fsp3) is 0.250. The number of fused-ring (bicyclic) bond motifs is 1. The van der Waals surface area contributed by atoms with Crippen LogP contribution in [0.3, 0.4) is 0 Å². The number of nitrogens with one attached hydrogen (secondary N) is 2. The third kappa shape index (κ3) is 3.28. The minimum atomic E-state index is -0.238. The monoisotopic (exact) mass is 310 g/mol. The number of hydrogen-bond donors (Lipinski definition) is 2. The van der Waals surface area contributed by atoms with E-state index in [2.05, 4.69) is 25.7 Å². The summed E-state index contributed by atoms with van der Waals surface area (Å²) >= 11 is 0. The number of carbonyl (C=O) groups excluding carboxylic acids is 1. The average Bonchev–Trinajstić information content (AvgIpc) is 2.99. The smallest absolute Gasteiger partial charge is 0.319 e. The van der Waals surface area contributed by atoms with Gasteiger partial charge >= 0.3 is 6.03 Å². The largest absolute Gasteiger partial charge is 0.338 e. The summed E-state index contributed by atoms with van der Waals surface area (Å²) < 4.78 is 1.74. The minimum Gasteiger partial charge on any atom is -0.338 e. The topological polar surface area (TPSA) is 84.7 Å². The number of nitrogens with zero attached hydrogens (tertiary/aromatic N) is 4. The van der Waals surface area contributed by atoms with Crippen molar-refractivity contribution in [1.82, 2.24) is 25.1 Å². The number of amides is 2. The summed E-state index contributed by atoms with van der Waals surface area (Å²) in [4.78, 5) is 20.6. The van der Waals surface area contributed by atoms with Crippen LogP contribution in [0, 0.1) is 0 Å². The molecule has 3 heterocycles. The molecular formula is C16H18N6O. The van der Waals surface area contributed by atoms with Crippen molar-refractivity contribution in [2.24, 2.45) is 7.05 Å². The Kier molecular flexibility index (Phi) is 4.18. The summed E-state index contributed by atoms with van der Waals surface area (Å²) in [5, 5.41) is 9.75. The Bertz CT molecular complexity index is 841. The van der Waals surface area contributed by atoms with Gasteiger partial charge in [0.15, 0.2) is 0 Å². The molecule has 0 spiro atoms. The number of pyridine rings is 2. The standard InChI is InChI=1S/C16H18N6O/c1-3-5-18-16(23)21-13-4-6-17-14-7-11(8-19-15(13)14)12-9-20-22(2)10-12/h4,6-10H,3,5H2,1-2H3,(H2,17,18,21,23). The van der Waals surface area contributed by atoms with Gasteiger partial charge in [-0.25, -0.2) is 4.79 Å². The number of aromatic nitrogens is 4. The van der Waals surface area contributed by atoms with Crippen LogP contribution in [0.1, 0.15) is 13.3 Å². The van der Waals surface area contributed by atoms with Crippen molar-refractivity contribution < 1.29 is 4.79 Å². The van der Waals surface area contributed by atoms with E-state index in [1.165, 1.54) is 0 Å². The van der Waals surface area contributed by atoms with Crippen LogP contribution in [0.5, 0.6) is 0 Å². The average molecular weight is 310 g/mol. The second-order valence-electron chi connectivity index (χ2n) is 5.23. The maximum atomic E-state index is 11.8. The molecule has 0 aliphatic rings. The highest BCUT2D eigenvalue weighted by Gasteiger charge is 2.09. The van der Waals surface area contributed by atoms with Gasteiger partial charge in [0, 0.05) is 43.3 Å². The lowest BCUT2D eigenvalue weighted by molar-refractivity contribution is 0.252. The van der Waals surface area contributed by atoms with Crippen molar-refractivity contribution in [1.29, 1.82) is 0 Å². The Morgan fingerprint density at radius 2 is 2.13 bits per heavy atom. The maximum absolute atomic E-state index is 11.8. The zero-order valence-electron chi connectivity index (χ0n) is 13.1. The number of urea groups is 1. The van der Waals surface area contributed by atoms with E-state index in [-0.39, 0.29) is 6.03 Å². The second-order valence-corrected chi connectivity index (χ2v) is 5.23. The highest BCUT2D eigenvalue weighted by atomic mass is 16.2. The van der Waals surface area contributed by atoms with Gasteiger partial charge in [0.25, 0.3) is 0 Å². The third-order valence-electron chi connectivity index (χ3n) is 3.40. The van der Waals surface area contributed by atoms with Crippen LogP contribution in [0.4, 0.5) is 10.5 Å². The molecule has 2 N–H and O–H groups in total. The first-order valence-corrected chi connectivity index (χ1v) is 7.46. The van der Waals surface area contributed by atoms with Crippen LogP contribution in [0.25, 0.3) is 22.2 Å². The molecule has 2 amide bonds. The number of anilines is 1. The molecule has 3 rings (SSSR count). The summed E-state index contributed by atoms with van der Waals surface area (Å²) in [5.41, 5.74) is 3.93. The highest BCUT2D eigenvalue weighted by molar-refractivity contribution is 5.98. The van der Waals surface area contributed by atoms with Gasteiger partial charge in [0.05, 0.1) is 17.4 Å². The van der Waals surface area contributed by atoms with Gasteiger partial charge in [0.1, 0.15) is 5.52 Å². The lowest BCUT2D eigenvalue weighted by Gasteiger charge is -2.09. The van der Waals surface area contributed by atoms with Crippen LogP contribution in [0.15, 0.2) is 36.9 Å². The van der Waals surface area contributed by atoms with E-state index in [4.69, 9.17) is 0 Å². The van der Waals surface area contributed by atoms with Crippen molar-refractivity contribution in [2.75, 3.05) is 11.9 Å². The molecule has 3 aromatic rings. The lowest BCUT2D eigenvalue weighted by Crippen LogP contribution is -2.29. The Labute approximate surface area is 133 Å². The van der Waals surface area contributed by atoms with Gasteiger partial charge in [-0.15, -0.1) is 0 Å². The third-order valence-corrected chi connectivity index (χ3v) is 3.40. The predicted molar refractivity (Wildman–Crippen MR) is 89.1 cm³/mol. The first kappa shape index (κ1) is 15.0. The van der Waals surface area contributed by atoms with E-state index in [1.54, 1.807) is 29.3 Å². The van der Waals surface area contributed by atoms with Crippen molar-refractivity contribution in [3.05, 3.63) is 36.9 Å². The zero-order chi connectivity index (χ0) is 16.2. The quantitative estimate of drug-likeness (QED) is 0.775. The fourth-order valence-corrected chi connectivity index (χ4v) is 2.26. The summed E-state index contributed by atoms with van der Waals surface area (Å²) in [6.07, 6.45) is 8.01. The number of carbonyl (C=O) groups is 1. The predicted octanol–water partition coefficient (Wildman–Crippen LogP) is 2.56. The molecule has 3 aromatic heterocycles. The van der Waals surface area contributed by atoms with Crippen molar-refractivity contribution in [3.63, 3.8) is 0 Å². The zero-order valence-corrected chi connectivity index (χ0v) is 13.1. The van der Waals surface area contributed by atoms with Crippen LogP contribution in [0.2, 0.25) is 0 Å². The number of rotatable bonds is 4. The van der Waals surface area contributed by atoms with Gasteiger partial charge in [-0.1, -0.05) is 6.92 Å². The van der Waals surface area contributed by atoms with Crippen LogP contribution >= 0.6 is 0 Å². The molecule has 0 aliphatic carbocycles. The van der Waals surface area contributed by atoms with Crippen LogP contribution in [-0.2, 0) is 7.05 Å². The van der Waals surface area contributed by atoms with E-state index in [0.717, 1.165) is 23.1 Å². The van der Waals surface area contributed by atoms with Gasteiger partial charge in [-0.2, -0.15) is 5.10 Å². The molecule has 23 heavy (non-hydrogen) atoms. The van der Waals surface area contributed by atoms with Crippen molar-refractivity contribution in [2.45, 2.75) is 13.3 Å². The Morgan fingerprint density at radius 3 is 2.87 bits per heavy atom. The molecule has 118 valence electrons. The summed E-state index contributed by atoms with van der Waals surface area (Å²) in [5.74, 6) is 0. The number of aryl methyl sites for hydroxylation is 1. The Hall–Kier alpha value is -2.96. The summed E-state index contributed by atoms with van der Waals surface area (Å²) in [7, 11) is 1.87. The molecule has 0 fully saturated rings. The molecule has 0 saturated carbocycles. The molecule has 0 radical (unpaired) electrons. The molecule has 0 atom stereocenters. The molecule has 0 unspecified atom stereocenters. The summed E-state index contributed by atoms with van der Waals surface area (Å²) in [6, 6.07) is 3.44. The van der Waals surface area contributed by atoms with Gasteiger partial charge in [-0.05, 0) is 18.6 Å². The van der Waals surface area contributed by atoms with E-state index in [9.17, 15) is 4.79 Å². The van der Waals surface area contributed by atoms with Gasteiger partial charge < -0.3 is 10.6 Å². The highest BCUT2D eigenvalue weighted by Crippen LogP contribution is 2.24. The van der Waals surface area contributed by atoms with E-state index >= 15 is 0 Å². The lowest BCUT2D eigenvalue weighted by atomic mass is 10.1. The van der Waals surface area contributed by atoms with Crippen molar-refractivity contribution >= 4 is 22.8 Å². The molecule has 7 heteroatoms. The SMILES string of the molecule is CCCNC(=O)Nc1ccnc2cc(-c3cnn(C)c3)cnc12. The molecular weight excluding hydrogens is 292 g/mol. The van der Waals surface area contributed by atoms with Crippen LogP contribution in [-0.4, -0.2) is 32.3 Å². The van der Waals surface area contributed by atoms with E-state index < -0.39 is 0 Å². The van der Waals surface area contributed by atoms with Crippen molar-refractivity contribution in [3.8, 4) is 11.1 Å².